The lowest BCUT2D eigenvalue weighted by molar-refractivity contribution is 0.101. The Hall–Kier alpha value is -1.13. The summed E-state index contributed by atoms with van der Waals surface area (Å²) in [5.74, 6) is 0.844. The zero-order valence-corrected chi connectivity index (χ0v) is 11.0. The fraction of sp³-hybridized carbons (Fsp3) is 0.462. The lowest BCUT2D eigenvalue weighted by Crippen LogP contribution is -2.11. The first kappa shape index (κ1) is 13.9. The molecule has 0 amide bonds. The van der Waals surface area contributed by atoms with Crippen molar-refractivity contribution in [1.82, 2.24) is 0 Å². The molecule has 0 unspecified atom stereocenters. The molecule has 94 valence electrons. The molecule has 3 nitrogen and oxygen atoms in total. The van der Waals surface area contributed by atoms with Crippen LogP contribution in [0.4, 0.5) is 0 Å². The quantitative estimate of drug-likeness (QED) is 0.570. The monoisotopic (exact) mass is 253 g/mol. The van der Waals surface area contributed by atoms with Crippen LogP contribution in [0.3, 0.4) is 0 Å². The summed E-state index contributed by atoms with van der Waals surface area (Å²) in [5.41, 5.74) is 6.58. The zero-order valence-electron chi connectivity index (χ0n) is 10.1. The molecule has 0 aromatic heterocycles. The molecule has 2 N–H and O–H groups in total. The number of benzene rings is 1. The summed E-state index contributed by atoms with van der Waals surface area (Å²) < 4.78 is 10.8. The first-order valence-corrected chi connectivity index (χ1v) is 6.21. The average molecular weight is 253 g/mol. The lowest BCUT2D eigenvalue weighted by Gasteiger charge is -2.07. The summed E-state index contributed by atoms with van der Waals surface area (Å²) in [5, 5.41) is 0. The number of ether oxygens (including phenoxy) is 2. The number of thiocarbonyl (C=S) groups is 1. The third-order valence-corrected chi connectivity index (χ3v) is 2.29. The van der Waals surface area contributed by atoms with Crippen molar-refractivity contribution in [3.8, 4) is 5.75 Å². The summed E-state index contributed by atoms with van der Waals surface area (Å²) in [6.45, 7) is 4.08. The zero-order chi connectivity index (χ0) is 12.5. The molecule has 17 heavy (non-hydrogen) atoms. The largest absolute Gasteiger partial charge is 0.491 e. The van der Waals surface area contributed by atoms with E-state index in [1.165, 1.54) is 0 Å². The Labute approximate surface area is 108 Å². The molecule has 1 aromatic carbocycles. The highest BCUT2D eigenvalue weighted by molar-refractivity contribution is 7.80. The van der Waals surface area contributed by atoms with Crippen molar-refractivity contribution in [1.29, 1.82) is 0 Å². The lowest BCUT2D eigenvalue weighted by atomic mass is 10.1. The Bertz CT molecular complexity index is 338. The van der Waals surface area contributed by atoms with E-state index in [9.17, 15) is 0 Å². The van der Waals surface area contributed by atoms with Gasteiger partial charge in [-0.05, 0) is 24.1 Å². The van der Waals surface area contributed by atoms with Gasteiger partial charge in [-0.3, -0.25) is 0 Å². The van der Waals surface area contributed by atoms with Gasteiger partial charge in [0.15, 0.2) is 0 Å². The van der Waals surface area contributed by atoms with Gasteiger partial charge >= 0.3 is 0 Å². The highest BCUT2D eigenvalue weighted by Gasteiger charge is 1.97. The van der Waals surface area contributed by atoms with Crippen LogP contribution in [0.15, 0.2) is 24.3 Å². The Balaban J connectivity index is 2.28. The van der Waals surface area contributed by atoms with Gasteiger partial charge in [0.1, 0.15) is 12.4 Å². The van der Waals surface area contributed by atoms with Crippen molar-refractivity contribution in [3.05, 3.63) is 29.8 Å². The van der Waals surface area contributed by atoms with Gasteiger partial charge in [0, 0.05) is 13.0 Å². The van der Waals surface area contributed by atoms with Crippen molar-refractivity contribution < 1.29 is 9.47 Å². The summed E-state index contributed by atoms with van der Waals surface area (Å²) >= 11 is 4.85. The van der Waals surface area contributed by atoms with E-state index in [2.05, 4.69) is 6.92 Å². The topological polar surface area (TPSA) is 44.5 Å². The summed E-state index contributed by atoms with van der Waals surface area (Å²) in [6.07, 6.45) is 1.67. The van der Waals surface area contributed by atoms with Gasteiger partial charge in [-0.1, -0.05) is 31.3 Å². The third-order valence-electron chi connectivity index (χ3n) is 2.15. The molecular formula is C13H19NO2S. The minimum Gasteiger partial charge on any atom is -0.491 e. The SMILES string of the molecule is CCCOCCOc1ccc(CC(N)=S)cc1. The van der Waals surface area contributed by atoms with Crippen LogP contribution in [0.1, 0.15) is 18.9 Å². The van der Waals surface area contributed by atoms with E-state index in [-0.39, 0.29) is 0 Å². The number of nitrogens with two attached hydrogens (primary N) is 1. The minimum absolute atomic E-state index is 0.506. The van der Waals surface area contributed by atoms with Crippen molar-refractivity contribution >= 4 is 17.2 Å². The summed E-state index contributed by atoms with van der Waals surface area (Å²) in [6, 6.07) is 7.80. The molecule has 0 saturated heterocycles. The van der Waals surface area contributed by atoms with Crippen LogP contribution in [-0.2, 0) is 11.2 Å². The van der Waals surface area contributed by atoms with E-state index in [1.54, 1.807) is 0 Å². The van der Waals surface area contributed by atoms with Gasteiger partial charge < -0.3 is 15.2 Å². The molecule has 1 rings (SSSR count). The predicted octanol–water partition coefficient (Wildman–Crippen LogP) is 2.32. The average Bonchev–Trinajstić information content (AvgIpc) is 2.30. The highest BCUT2D eigenvalue weighted by Crippen LogP contribution is 2.12. The number of rotatable bonds is 8. The molecule has 0 heterocycles. The highest BCUT2D eigenvalue weighted by atomic mass is 32.1. The number of hydrogen-bond acceptors (Lipinski definition) is 3. The van der Waals surface area contributed by atoms with E-state index in [0.29, 0.717) is 24.6 Å². The van der Waals surface area contributed by atoms with Gasteiger partial charge in [0.25, 0.3) is 0 Å². The smallest absolute Gasteiger partial charge is 0.119 e. The van der Waals surface area contributed by atoms with Crippen LogP contribution in [0.5, 0.6) is 5.75 Å². The van der Waals surface area contributed by atoms with Gasteiger partial charge in [-0.15, -0.1) is 0 Å². The van der Waals surface area contributed by atoms with E-state index >= 15 is 0 Å². The van der Waals surface area contributed by atoms with Crippen LogP contribution < -0.4 is 10.5 Å². The Morgan fingerprint density at radius 3 is 2.47 bits per heavy atom. The molecule has 0 aliphatic carbocycles. The van der Waals surface area contributed by atoms with E-state index in [0.717, 1.165) is 24.3 Å². The molecule has 0 spiro atoms. The second kappa shape index (κ2) is 8.03. The molecule has 0 fully saturated rings. The van der Waals surface area contributed by atoms with Crippen LogP contribution >= 0.6 is 12.2 Å². The Morgan fingerprint density at radius 1 is 1.18 bits per heavy atom. The van der Waals surface area contributed by atoms with E-state index < -0.39 is 0 Å². The molecule has 4 heteroatoms. The van der Waals surface area contributed by atoms with Gasteiger partial charge in [-0.25, -0.2) is 0 Å². The molecule has 0 aliphatic heterocycles. The first-order valence-electron chi connectivity index (χ1n) is 5.80. The molecule has 0 radical (unpaired) electrons. The molecule has 0 atom stereocenters. The van der Waals surface area contributed by atoms with Crippen LogP contribution in [-0.4, -0.2) is 24.8 Å². The Kier molecular flexibility index (Phi) is 6.58. The standard InChI is InChI=1S/C13H19NO2S/c1-2-7-15-8-9-16-12-5-3-11(4-6-12)10-13(14)17/h3-6H,2,7-10H2,1H3,(H2,14,17). The van der Waals surface area contributed by atoms with Crippen LogP contribution in [0.25, 0.3) is 0 Å². The second-order valence-electron chi connectivity index (χ2n) is 3.75. The molecular weight excluding hydrogens is 234 g/mol. The molecule has 0 saturated carbocycles. The van der Waals surface area contributed by atoms with Gasteiger partial charge in [0.2, 0.25) is 0 Å². The van der Waals surface area contributed by atoms with Crippen molar-refractivity contribution in [3.63, 3.8) is 0 Å². The fourth-order valence-electron chi connectivity index (χ4n) is 1.37. The van der Waals surface area contributed by atoms with Crippen LogP contribution in [0, 0.1) is 0 Å². The fourth-order valence-corrected chi connectivity index (χ4v) is 1.54. The maximum atomic E-state index is 5.52. The van der Waals surface area contributed by atoms with Crippen molar-refractivity contribution in [2.45, 2.75) is 19.8 Å². The molecule has 0 aliphatic rings. The van der Waals surface area contributed by atoms with Gasteiger partial charge in [-0.2, -0.15) is 0 Å². The maximum absolute atomic E-state index is 5.52. The summed E-state index contributed by atoms with van der Waals surface area (Å²) in [7, 11) is 0. The van der Waals surface area contributed by atoms with Crippen molar-refractivity contribution in [2.24, 2.45) is 5.73 Å². The second-order valence-corrected chi connectivity index (χ2v) is 4.27. The summed E-state index contributed by atoms with van der Waals surface area (Å²) in [4.78, 5) is 0.506. The van der Waals surface area contributed by atoms with E-state index in [1.807, 2.05) is 24.3 Å². The normalized spacial score (nSPS) is 10.2. The predicted molar refractivity (Wildman–Crippen MR) is 73.5 cm³/mol. The molecule has 1 aromatic rings. The third kappa shape index (κ3) is 6.24. The first-order chi connectivity index (χ1) is 8.22. The van der Waals surface area contributed by atoms with Crippen molar-refractivity contribution in [2.75, 3.05) is 19.8 Å². The Morgan fingerprint density at radius 2 is 1.88 bits per heavy atom. The van der Waals surface area contributed by atoms with Crippen LogP contribution in [0.2, 0.25) is 0 Å². The van der Waals surface area contributed by atoms with E-state index in [4.69, 9.17) is 27.4 Å². The number of hydrogen-bond donors (Lipinski definition) is 1. The maximum Gasteiger partial charge on any atom is 0.119 e. The van der Waals surface area contributed by atoms with Gasteiger partial charge in [0.05, 0.1) is 11.6 Å². The molecule has 0 bridgehead atoms. The minimum atomic E-state index is 0.506.